The molecule has 1 fully saturated rings. The Labute approximate surface area is 252 Å². The molecule has 3 aromatic carbocycles. The van der Waals surface area contributed by atoms with Crippen molar-refractivity contribution < 1.29 is 27.4 Å². The standard InChI is InChI=1S/C32H38N4O6S/c1-32(2,3)23-8-10-24(11-9-23)35-43(38,39)26-12-13-28-27(21-26)29(22-6-5-7-25(20-22)40-4)30(34-28)42-31(37)33-14-15-36-16-18-41-19-17-36/h5-13,20-21,34-35H,14-19H2,1-4H3,(H,33,37). The number of carbonyl (C=O) groups is 1. The molecule has 1 saturated heterocycles. The number of aromatic amines is 1. The van der Waals surface area contributed by atoms with Gasteiger partial charge < -0.3 is 24.5 Å². The third-order valence-electron chi connectivity index (χ3n) is 7.40. The number of carbonyl (C=O) groups excluding carboxylic acids is 1. The van der Waals surface area contributed by atoms with Gasteiger partial charge in [0.2, 0.25) is 5.88 Å². The van der Waals surface area contributed by atoms with Crippen LogP contribution in [0.15, 0.2) is 71.6 Å². The summed E-state index contributed by atoms with van der Waals surface area (Å²) in [6.07, 6.45) is -0.614. The lowest BCUT2D eigenvalue weighted by atomic mass is 9.87. The van der Waals surface area contributed by atoms with Crippen LogP contribution in [-0.4, -0.2) is 70.9 Å². The van der Waals surface area contributed by atoms with Crippen LogP contribution in [0.4, 0.5) is 10.5 Å². The number of rotatable bonds is 9. The van der Waals surface area contributed by atoms with Crippen LogP contribution >= 0.6 is 0 Å². The molecule has 2 heterocycles. The summed E-state index contributed by atoms with van der Waals surface area (Å²) in [5.74, 6) is 0.810. The maximum absolute atomic E-state index is 13.5. The van der Waals surface area contributed by atoms with Gasteiger partial charge in [-0.2, -0.15) is 0 Å². The number of ether oxygens (including phenoxy) is 3. The Balaban J connectivity index is 1.43. The molecule has 1 aliphatic heterocycles. The van der Waals surface area contributed by atoms with Crippen LogP contribution in [0.2, 0.25) is 0 Å². The first-order valence-electron chi connectivity index (χ1n) is 14.2. The molecule has 43 heavy (non-hydrogen) atoms. The first kappa shape index (κ1) is 30.4. The molecule has 10 nitrogen and oxygen atoms in total. The minimum Gasteiger partial charge on any atom is -0.497 e. The molecule has 1 aliphatic rings. The number of aromatic nitrogens is 1. The summed E-state index contributed by atoms with van der Waals surface area (Å²) in [7, 11) is -2.36. The van der Waals surface area contributed by atoms with Gasteiger partial charge in [-0.15, -0.1) is 0 Å². The third-order valence-corrected chi connectivity index (χ3v) is 8.78. The van der Waals surface area contributed by atoms with Crippen molar-refractivity contribution in [2.24, 2.45) is 0 Å². The molecule has 4 aromatic rings. The zero-order valence-electron chi connectivity index (χ0n) is 24.9. The fourth-order valence-corrected chi connectivity index (χ4v) is 6.06. The number of sulfonamides is 1. The van der Waals surface area contributed by atoms with Crippen LogP contribution in [-0.2, 0) is 20.2 Å². The van der Waals surface area contributed by atoms with Crippen molar-refractivity contribution in [1.82, 2.24) is 15.2 Å². The van der Waals surface area contributed by atoms with E-state index in [0.717, 1.165) is 18.7 Å². The van der Waals surface area contributed by atoms with E-state index in [-0.39, 0.29) is 16.2 Å². The van der Waals surface area contributed by atoms with E-state index in [1.165, 1.54) is 6.07 Å². The predicted octanol–water partition coefficient (Wildman–Crippen LogP) is 5.36. The minimum absolute atomic E-state index is 0.0489. The number of nitrogens with one attached hydrogen (secondary N) is 3. The van der Waals surface area contributed by atoms with Crippen molar-refractivity contribution >= 4 is 32.7 Å². The Morgan fingerprint density at radius 2 is 1.77 bits per heavy atom. The molecule has 11 heteroatoms. The largest absolute Gasteiger partial charge is 0.497 e. The molecule has 1 amide bonds. The van der Waals surface area contributed by atoms with Gasteiger partial charge in [0.1, 0.15) is 5.75 Å². The highest BCUT2D eigenvalue weighted by Gasteiger charge is 2.22. The van der Waals surface area contributed by atoms with Gasteiger partial charge >= 0.3 is 6.09 Å². The molecule has 0 bridgehead atoms. The fraction of sp³-hybridized carbons (Fsp3) is 0.344. The highest BCUT2D eigenvalue weighted by molar-refractivity contribution is 7.92. The van der Waals surface area contributed by atoms with Gasteiger partial charge in [-0.05, 0) is 59.0 Å². The van der Waals surface area contributed by atoms with Gasteiger partial charge in [-0.25, -0.2) is 13.2 Å². The predicted molar refractivity (Wildman–Crippen MR) is 168 cm³/mol. The molecule has 3 N–H and O–H groups in total. The highest BCUT2D eigenvalue weighted by Crippen LogP contribution is 2.40. The SMILES string of the molecule is COc1cccc(-c2c(OC(=O)NCCN3CCOCC3)[nH]c3ccc(S(=O)(=O)Nc4ccc(C(C)(C)C)cc4)cc23)c1. The van der Waals surface area contributed by atoms with E-state index in [1.54, 1.807) is 31.4 Å². The van der Waals surface area contributed by atoms with Gasteiger partial charge in [-0.1, -0.05) is 45.0 Å². The summed E-state index contributed by atoms with van der Waals surface area (Å²) in [5, 5.41) is 3.38. The van der Waals surface area contributed by atoms with E-state index < -0.39 is 16.1 Å². The number of hydrogen-bond acceptors (Lipinski definition) is 7. The molecular weight excluding hydrogens is 568 g/mol. The highest BCUT2D eigenvalue weighted by atomic mass is 32.2. The zero-order chi connectivity index (χ0) is 30.6. The second kappa shape index (κ2) is 12.7. The zero-order valence-corrected chi connectivity index (χ0v) is 25.7. The summed E-state index contributed by atoms with van der Waals surface area (Å²) >= 11 is 0. The van der Waals surface area contributed by atoms with Crippen molar-refractivity contribution in [3.63, 3.8) is 0 Å². The molecule has 228 valence electrons. The van der Waals surface area contributed by atoms with Gasteiger partial charge in [-0.3, -0.25) is 9.62 Å². The molecule has 0 aliphatic carbocycles. The van der Waals surface area contributed by atoms with E-state index >= 15 is 0 Å². The molecule has 0 atom stereocenters. The van der Waals surface area contributed by atoms with Crippen LogP contribution in [0.3, 0.4) is 0 Å². The molecule has 0 saturated carbocycles. The Bertz CT molecular complexity index is 1690. The van der Waals surface area contributed by atoms with Crippen LogP contribution in [0.1, 0.15) is 26.3 Å². The number of morpholine rings is 1. The first-order valence-corrected chi connectivity index (χ1v) is 15.7. The monoisotopic (exact) mass is 606 g/mol. The number of H-pyrrole nitrogens is 1. The average Bonchev–Trinajstić information content (AvgIpc) is 3.34. The lowest BCUT2D eigenvalue weighted by Gasteiger charge is -2.26. The number of amides is 1. The Morgan fingerprint density at radius 1 is 1.02 bits per heavy atom. The summed E-state index contributed by atoms with van der Waals surface area (Å²) < 4.78 is 46.1. The topological polar surface area (TPSA) is 122 Å². The molecular formula is C32H38N4O6S. The van der Waals surface area contributed by atoms with Crippen molar-refractivity contribution in [2.75, 3.05) is 51.2 Å². The molecule has 0 spiro atoms. The average molecular weight is 607 g/mol. The lowest BCUT2D eigenvalue weighted by molar-refractivity contribution is 0.0385. The fourth-order valence-electron chi connectivity index (χ4n) is 4.98. The molecule has 5 rings (SSSR count). The summed E-state index contributed by atoms with van der Waals surface area (Å²) in [5.41, 5.74) is 3.37. The number of anilines is 1. The van der Waals surface area contributed by atoms with Crippen LogP contribution in [0.5, 0.6) is 11.6 Å². The van der Waals surface area contributed by atoms with Crippen LogP contribution < -0.4 is 19.5 Å². The number of benzene rings is 3. The lowest BCUT2D eigenvalue weighted by Crippen LogP contribution is -2.41. The van der Waals surface area contributed by atoms with Gasteiger partial charge in [0.25, 0.3) is 10.0 Å². The summed E-state index contributed by atoms with van der Waals surface area (Å²) in [6, 6.07) is 19.4. The summed E-state index contributed by atoms with van der Waals surface area (Å²) in [4.78, 5) is 18.3. The third kappa shape index (κ3) is 7.30. The second-order valence-corrected chi connectivity index (χ2v) is 13.2. The van der Waals surface area contributed by atoms with E-state index in [4.69, 9.17) is 14.2 Å². The first-order chi connectivity index (χ1) is 20.5. The van der Waals surface area contributed by atoms with Crippen molar-refractivity contribution in [1.29, 1.82) is 0 Å². The molecule has 0 unspecified atom stereocenters. The number of hydrogen-bond donors (Lipinski definition) is 3. The number of methoxy groups -OCH3 is 1. The van der Waals surface area contributed by atoms with Crippen molar-refractivity contribution in [3.8, 4) is 22.8 Å². The second-order valence-electron chi connectivity index (χ2n) is 11.5. The maximum atomic E-state index is 13.5. The van der Waals surface area contributed by atoms with Gasteiger partial charge in [0.05, 0.1) is 30.8 Å². The number of fused-ring (bicyclic) bond motifs is 1. The Kier molecular flexibility index (Phi) is 8.95. The Morgan fingerprint density at radius 3 is 2.47 bits per heavy atom. The van der Waals surface area contributed by atoms with Crippen LogP contribution in [0, 0.1) is 0 Å². The normalized spacial score (nSPS) is 14.4. The smallest absolute Gasteiger partial charge is 0.413 e. The summed E-state index contributed by atoms with van der Waals surface area (Å²) in [6.45, 7) is 10.4. The minimum atomic E-state index is -3.92. The van der Waals surface area contributed by atoms with E-state index in [1.807, 2.05) is 36.4 Å². The Hall–Kier alpha value is -4.06. The quantitative estimate of drug-likeness (QED) is 0.234. The molecule has 1 aromatic heterocycles. The van der Waals surface area contributed by atoms with E-state index in [9.17, 15) is 13.2 Å². The molecule has 0 radical (unpaired) electrons. The van der Waals surface area contributed by atoms with Gasteiger partial charge in [0.15, 0.2) is 0 Å². The van der Waals surface area contributed by atoms with E-state index in [2.05, 4.69) is 40.7 Å². The maximum Gasteiger partial charge on any atom is 0.413 e. The van der Waals surface area contributed by atoms with E-state index in [0.29, 0.717) is 59.8 Å². The number of nitrogens with zero attached hydrogens (tertiary/aromatic N) is 1. The van der Waals surface area contributed by atoms with Crippen molar-refractivity contribution in [2.45, 2.75) is 31.1 Å². The van der Waals surface area contributed by atoms with Gasteiger partial charge in [0, 0.05) is 42.8 Å². The van der Waals surface area contributed by atoms with Crippen molar-refractivity contribution in [3.05, 3.63) is 72.3 Å². The van der Waals surface area contributed by atoms with Crippen LogP contribution in [0.25, 0.3) is 22.0 Å².